The van der Waals surface area contributed by atoms with E-state index in [1.54, 1.807) is 37.2 Å². The number of hydrogen-bond acceptors (Lipinski definition) is 3. The molecule has 0 atom stereocenters. The molecule has 1 aromatic rings. The van der Waals surface area contributed by atoms with Gasteiger partial charge in [-0.05, 0) is 49.8 Å². The Bertz CT molecular complexity index is 477. The third-order valence-corrected chi connectivity index (χ3v) is 3.92. The minimum absolute atomic E-state index is 0.0351. The Morgan fingerprint density at radius 3 is 2.50 bits per heavy atom. The van der Waals surface area contributed by atoms with Crippen molar-refractivity contribution in [1.29, 1.82) is 0 Å². The summed E-state index contributed by atoms with van der Waals surface area (Å²) in [6.45, 7) is 2.28. The lowest BCUT2D eigenvalue weighted by Crippen LogP contribution is -2.24. The molecule has 1 aliphatic rings. The molecule has 20 heavy (non-hydrogen) atoms. The van der Waals surface area contributed by atoms with Gasteiger partial charge in [-0.3, -0.25) is 4.79 Å². The highest BCUT2D eigenvalue weighted by molar-refractivity contribution is 5.94. The van der Waals surface area contributed by atoms with Crippen molar-refractivity contribution in [3.8, 4) is 5.75 Å². The fraction of sp³-hybridized carbons (Fsp3) is 0.562. The summed E-state index contributed by atoms with van der Waals surface area (Å²) in [5, 5.41) is 0. The molecule has 4 heteroatoms. The van der Waals surface area contributed by atoms with E-state index >= 15 is 0 Å². The smallest absolute Gasteiger partial charge is 0.253 e. The van der Waals surface area contributed by atoms with Gasteiger partial charge in [0, 0.05) is 19.7 Å². The van der Waals surface area contributed by atoms with Crippen LogP contribution in [-0.2, 0) is 0 Å². The number of hydrogen-bond donors (Lipinski definition) is 1. The van der Waals surface area contributed by atoms with Gasteiger partial charge in [-0.1, -0.05) is 6.92 Å². The number of nitrogens with zero attached hydrogens (tertiary/aromatic N) is 1. The van der Waals surface area contributed by atoms with Crippen LogP contribution in [0, 0.1) is 5.92 Å². The Morgan fingerprint density at radius 2 is 1.90 bits per heavy atom. The van der Waals surface area contributed by atoms with E-state index in [2.05, 4.69) is 6.92 Å². The molecule has 1 aliphatic carbocycles. The maximum atomic E-state index is 12.0. The number of amides is 1. The van der Waals surface area contributed by atoms with Gasteiger partial charge in [0.1, 0.15) is 5.75 Å². The van der Waals surface area contributed by atoms with Crippen LogP contribution in [0.2, 0.25) is 0 Å². The van der Waals surface area contributed by atoms with E-state index < -0.39 is 0 Å². The monoisotopic (exact) mass is 276 g/mol. The number of carbonyl (C=O) groups excluding carboxylic acids is 1. The van der Waals surface area contributed by atoms with Crippen molar-refractivity contribution < 1.29 is 9.53 Å². The number of anilines is 1. The maximum Gasteiger partial charge on any atom is 0.253 e. The Labute approximate surface area is 120 Å². The normalized spacial score (nSPS) is 22.4. The number of nitrogen functional groups attached to an aromatic ring is 1. The zero-order chi connectivity index (χ0) is 14.7. The molecule has 110 valence electrons. The van der Waals surface area contributed by atoms with E-state index in [0.29, 0.717) is 17.0 Å². The molecular formula is C16H24N2O2. The first kappa shape index (κ1) is 14.7. The summed E-state index contributed by atoms with van der Waals surface area (Å²) in [7, 11) is 3.48. The quantitative estimate of drug-likeness (QED) is 0.864. The molecule has 1 saturated carbocycles. The first-order valence-corrected chi connectivity index (χ1v) is 7.25. The van der Waals surface area contributed by atoms with Gasteiger partial charge in [0.05, 0.1) is 11.8 Å². The topological polar surface area (TPSA) is 55.6 Å². The van der Waals surface area contributed by atoms with Crippen LogP contribution < -0.4 is 10.5 Å². The van der Waals surface area contributed by atoms with Crippen LogP contribution >= 0.6 is 0 Å². The van der Waals surface area contributed by atoms with Crippen LogP contribution in [0.1, 0.15) is 43.0 Å². The summed E-state index contributed by atoms with van der Waals surface area (Å²) in [4.78, 5) is 13.5. The largest absolute Gasteiger partial charge is 0.488 e. The molecule has 0 aliphatic heterocycles. The van der Waals surface area contributed by atoms with Crippen molar-refractivity contribution in [1.82, 2.24) is 4.90 Å². The lowest BCUT2D eigenvalue weighted by atomic mass is 9.89. The molecule has 0 aromatic heterocycles. The summed E-state index contributed by atoms with van der Waals surface area (Å²) < 4.78 is 6.01. The Balaban J connectivity index is 2.11. The minimum Gasteiger partial charge on any atom is -0.488 e. The van der Waals surface area contributed by atoms with Crippen LogP contribution in [0.3, 0.4) is 0 Å². The Hall–Kier alpha value is -1.71. The lowest BCUT2D eigenvalue weighted by molar-refractivity contribution is 0.0826. The predicted octanol–water partition coefficient (Wildman–Crippen LogP) is 2.93. The van der Waals surface area contributed by atoms with E-state index in [-0.39, 0.29) is 12.0 Å². The fourth-order valence-corrected chi connectivity index (χ4v) is 2.55. The van der Waals surface area contributed by atoms with E-state index in [1.807, 2.05) is 0 Å². The molecule has 0 heterocycles. The molecule has 2 rings (SSSR count). The summed E-state index contributed by atoms with van der Waals surface area (Å²) in [6.07, 6.45) is 4.74. The van der Waals surface area contributed by atoms with Gasteiger partial charge >= 0.3 is 0 Å². The summed E-state index contributed by atoms with van der Waals surface area (Å²) >= 11 is 0. The van der Waals surface area contributed by atoms with Gasteiger partial charge in [-0.25, -0.2) is 0 Å². The van der Waals surface area contributed by atoms with Crippen LogP contribution in [0.25, 0.3) is 0 Å². The number of ether oxygens (including phenoxy) is 1. The molecule has 4 nitrogen and oxygen atoms in total. The van der Waals surface area contributed by atoms with E-state index in [4.69, 9.17) is 10.5 Å². The Kier molecular flexibility index (Phi) is 4.53. The van der Waals surface area contributed by atoms with E-state index in [0.717, 1.165) is 18.8 Å². The van der Waals surface area contributed by atoms with Gasteiger partial charge < -0.3 is 15.4 Å². The third kappa shape index (κ3) is 3.44. The van der Waals surface area contributed by atoms with Crippen molar-refractivity contribution in [2.24, 2.45) is 5.92 Å². The average Bonchev–Trinajstić information content (AvgIpc) is 2.43. The van der Waals surface area contributed by atoms with Crippen LogP contribution in [0.5, 0.6) is 5.75 Å². The van der Waals surface area contributed by atoms with Gasteiger partial charge in [-0.2, -0.15) is 0 Å². The van der Waals surface area contributed by atoms with Crippen molar-refractivity contribution in [2.75, 3.05) is 19.8 Å². The van der Waals surface area contributed by atoms with E-state index in [9.17, 15) is 4.79 Å². The minimum atomic E-state index is -0.0351. The zero-order valence-electron chi connectivity index (χ0n) is 12.6. The number of rotatable bonds is 3. The number of carbonyl (C=O) groups is 1. The summed E-state index contributed by atoms with van der Waals surface area (Å²) in [5.74, 6) is 1.39. The van der Waals surface area contributed by atoms with Gasteiger partial charge in [0.25, 0.3) is 5.91 Å². The van der Waals surface area contributed by atoms with Crippen LogP contribution in [0.15, 0.2) is 18.2 Å². The molecule has 1 amide bonds. The second-order valence-corrected chi connectivity index (χ2v) is 5.95. The predicted molar refractivity (Wildman–Crippen MR) is 80.9 cm³/mol. The SMILES string of the molecule is CC1CCC(Oc2cc(C(=O)N(C)C)ccc2N)CC1. The molecule has 0 radical (unpaired) electrons. The zero-order valence-corrected chi connectivity index (χ0v) is 12.6. The lowest BCUT2D eigenvalue weighted by Gasteiger charge is -2.27. The maximum absolute atomic E-state index is 12.0. The summed E-state index contributed by atoms with van der Waals surface area (Å²) in [6, 6.07) is 5.25. The number of nitrogens with two attached hydrogens (primary N) is 1. The molecule has 2 N–H and O–H groups in total. The first-order valence-electron chi connectivity index (χ1n) is 7.25. The second kappa shape index (κ2) is 6.16. The Morgan fingerprint density at radius 1 is 1.25 bits per heavy atom. The van der Waals surface area contributed by atoms with Gasteiger partial charge in [0.15, 0.2) is 0 Å². The highest BCUT2D eigenvalue weighted by atomic mass is 16.5. The highest BCUT2D eigenvalue weighted by Gasteiger charge is 2.21. The first-order chi connectivity index (χ1) is 9.47. The molecule has 0 spiro atoms. The molecule has 1 fully saturated rings. The van der Waals surface area contributed by atoms with Crippen molar-refractivity contribution in [3.63, 3.8) is 0 Å². The molecule has 0 unspecified atom stereocenters. The average molecular weight is 276 g/mol. The van der Waals surface area contributed by atoms with Gasteiger partial charge in [0.2, 0.25) is 0 Å². The van der Waals surface area contributed by atoms with Gasteiger partial charge in [-0.15, -0.1) is 0 Å². The summed E-state index contributed by atoms with van der Waals surface area (Å²) in [5.41, 5.74) is 7.17. The molecular weight excluding hydrogens is 252 g/mol. The second-order valence-electron chi connectivity index (χ2n) is 5.95. The standard InChI is InChI=1S/C16H24N2O2/c1-11-4-7-13(8-5-11)20-15-10-12(6-9-14(15)17)16(19)18(2)3/h6,9-11,13H,4-5,7-8,17H2,1-3H3. The fourth-order valence-electron chi connectivity index (χ4n) is 2.55. The molecule has 0 saturated heterocycles. The highest BCUT2D eigenvalue weighted by Crippen LogP contribution is 2.30. The molecule has 1 aromatic carbocycles. The molecule has 0 bridgehead atoms. The van der Waals surface area contributed by atoms with Crippen molar-refractivity contribution >= 4 is 11.6 Å². The van der Waals surface area contributed by atoms with Crippen molar-refractivity contribution in [2.45, 2.75) is 38.7 Å². The third-order valence-electron chi connectivity index (χ3n) is 3.92. The van der Waals surface area contributed by atoms with Crippen LogP contribution in [0.4, 0.5) is 5.69 Å². The number of benzene rings is 1. The van der Waals surface area contributed by atoms with Crippen molar-refractivity contribution in [3.05, 3.63) is 23.8 Å². The van der Waals surface area contributed by atoms with E-state index in [1.165, 1.54) is 12.8 Å². The van der Waals surface area contributed by atoms with Crippen LogP contribution in [-0.4, -0.2) is 31.0 Å².